The first-order valence-electron chi connectivity index (χ1n) is 9.23. The molecule has 0 unspecified atom stereocenters. The van der Waals surface area contributed by atoms with Crippen molar-refractivity contribution in [2.24, 2.45) is 0 Å². The maximum Gasteiger partial charge on any atom is 0.255 e. The normalized spacial score (nSPS) is 11.8. The van der Waals surface area contributed by atoms with Crippen LogP contribution in [0.25, 0.3) is 0 Å². The van der Waals surface area contributed by atoms with Gasteiger partial charge in [-0.25, -0.2) is 8.42 Å². The zero-order valence-electron chi connectivity index (χ0n) is 16.6. The van der Waals surface area contributed by atoms with E-state index in [0.29, 0.717) is 18.7 Å². The molecule has 0 aliphatic rings. The van der Waals surface area contributed by atoms with Crippen LogP contribution in [-0.2, 0) is 10.0 Å². The quantitative estimate of drug-likeness (QED) is 0.764. The fraction of sp³-hybridized carbons (Fsp3) is 0.381. The molecule has 0 saturated carbocycles. The number of anilines is 1. The zero-order chi connectivity index (χ0) is 20.2. The van der Waals surface area contributed by atoms with E-state index in [1.165, 1.54) is 10.4 Å². The highest BCUT2D eigenvalue weighted by molar-refractivity contribution is 7.89. The molecule has 5 nitrogen and oxygen atoms in total. The van der Waals surface area contributed by atoms with Crippen LogP contribution in [0.2, 0.25) is 0 Å². The largest absolute Gasteiger partial charge is 0.322 e. The number of aryl methyl sites for hydroxylation is 1. The van der Waals surface area contributed by atoms with Crippen molar-refractivity contribution in [1.29, 1.82) is 0 Å². The smallest absolute Gasteiger partial charge is 0.255 e. The van der Waals surface area contributed by atoms with Crippen molar-refractivity contribution in [2.45, 2.75) is 45.4 Å². The van der Waals surface area contributed by atoms with Gasteiger partial charge in [0.1, 0.15) is 0 Å². The van der Waals surface area contributed by atoms with Gasteiger partial charge in [-0.05, 0) is 42.2 Å². The van der Waals surface area contributed by atoms with Gasteiger partial charge in [-0.1, -0.05) is 52.0 Å². The molecule has 0 aromatic heterocycles. The number of amides is 1. The predicted molar refractivity (Wildman–Crippen MR) is 110 cm³/mol. The van der Waals surface area contributed by atoms with Crippen molar-refractivity contribution in [3.8, 4) is 0 Å². The molecule has 1 amide bonds. The minimum atomic E-state index is -3.62. The van der Waals surface area contributed by atoms with Gasteiger partial charge >= 0.3 is 0 Å². The molecule has 1 N–H and O–H groups in total. The Morgan fingerprint density at radius 3 is 2.30 bits per heavy atom. The molecule has 0 fully saturated rings. The topological polar surface area (TPSA) is 66.5 Å². The second kappa shape index (κ2) is 8.67. The molecule has 0 aliphatic carbocycles. The second-order valence-electron chi connectivity index (χ2n) is 6.76. The lowest BCUT2D eigenvalue weighted by atomic mass is 10.0. The van der Waals surface area contributed by atoms with E-state index in [-0.39, 0.29) is 16.7 Å². The standard InChI is InChI=1S/C21H28N2O3S/c1-6-23(7-2)27(25,26)17-13-12-16(5)19(14-17)21(24)22-20-11-9-8-10-18(20)15(3)4/h8-15H,6-7H2,1-5H3,(H,22,24). The summed E-state index contributed by atoms with van der Waals surface area (Å²) in [6, 6.07) is 12.4. The van der Waals surface area contributed by atoms with Gasteiger partial charge in [-0.3, -0.25) is 4.79 Å². The Labute approximate surface area is 162 Å². The Morgan fingerprint density at radius 1 is 1.07 bits per heavy atom. The van der Waals surface area contributed by atoms with Crippen molar-refractivity contribution in [1.82, 2.24) is 4.31 Å². The minimum absolute atomic E-state index is 0.138. The Hall–Kier alpha value is -2.18. The number of benzene rings is 2. The second-order valence-corrected chi connectivity index (χ2v) is 8.70. The Kier molecular flexibility index (Phi) is 6.78. The van der Waals surface area contributed by atoms with Crippen LogP contribution in [0.5, 0.6) is 0 Å². The summed E-state index contributed by atoms with van der Waals surface area (Å²) in [4.78, 5) is 13.0. The zero-order valence-corrected chi connectivity index (χ0v) is 17.4. The van der Waals surface area contributed by atoms with Gasteiger partial charge in [-0.2, -0.15) is 4.31 Å². The number of carbonyl (C=O) groups is 1. The summed E-state index contributed by atoms with van der Waals surface area (Å²) in [6.07, 6.45) is 0. The molecule has 146 valence electrons. The van der Waals surface area contributed by atoms with Crippen LogP contribution in [0.4, 0.5) is 5.69 Å². The van der Waals surface area contributed by atoms with Crippen molar-refractivity contribution in [3.63, 3.8) is 0 Å². The molecule has 0 saturated heterocycles. The van der Waals surface area contributed by atoms with Gasteiger partial charge in [-0.15, -0.1) is 0 Å². The molecular weight excluding hydrogens is 360 g/mol. The molecule has 0 bridgehead atoms. The van der Waals surface area contributed by atoms with Gasteiger partial charge < -0.3 is 5.32 Å². The van der Waals surface area contributed by atoms with Crippen LogP contribution in [0.3, 0.4) is 0 Å². The average Bonchev–Trinajstić information content (AvgIpc) is 2.62. The number of nitrogens with zero attached hydrogens (tertiary/aromatic N) is 1. The molecule has 0 radical (unpaired) electrons. The third-order valence-electron chi connectivity index (χ3n) is 4.63. The lowest BCUT2D eigenvalue weighted by molar-refractivity contribution is 0.102. The number of para-hydroxylation sites is 1. The van der Waals surface area contributed by atoms with Gasteiger partial charge in [0.05, 0.1) is 4.90 Å². The van der Waals surface area contributed by atoms with E-state index in [4.69, 9.17) is 0 Å². The maximum absolute atomic E-state index is 12.9. The predicted octanol–water partition coefficient (Wildman–Crippen LogP) is 4.40. The Balaban J connectivity index is 2.41. The Morgan fingerprint density at radius 2 is 1.70 bits per heavy atom. The first-order valence-corrected chi connectivity index (χ1v) is 10.7. The fourth-order valence-electron chi connectivity index (χ4n) is 3.02. The van der Waals surface area contributed by atoms with E-state index in [0.717, 1.165) is 16.8 Å². The lowest BCUT2D eigenvalue weighted by Gasteiger charge is -2.19. The number of hydrogen-bond donors (Lipinski definition) is 1. The monoisotopic (exact) mass is 388 g/mol. The minimum Gasteiger partial charge on any atom is -0.322 e. The number of hydrogen-bond acceptors (Lipinski definition) is 3. The van der Waals surface area contributed by atoms with Crippen LogP contribution in [0.1, 0.15) is 55.1 Å². The third-order valence-corrected chi connectivity index (χ3v) is 6.67. The molecule has 2 aromatic rings. The van der Waals surface area contributed by atoms with Crippen LogP contribution in [0.15, 0.2) is 47.4 Å². The summed E-state index contributed by atoms with van der Waals surface area (Å²) in [5, 5.41) is 2.94. The molecule has 0 spiro atoms. The SMILES string of the molecule is CCN(CC)S(=O)(=O)c1ccc(C)c(C(=O)Nc2ccccc2C(C)C)c1. The molecular formula is C21H28N2O3S. The molecule has 27 heavy (non-hydrogen) atoms. The van der Waals surface area contributed by atoms with E-state index in [9.17, 15) is 13.2 Å². The van der Waals surface area contributed by atoms with Gasteiger partial charge in [0.2, 0.25) is 10.0 Å². The van der Waals surface area contributed by atoms with E-state index >= 15 is 0 Å². The number of nitrogens with one attached hydrogen (secondary N) is 1. The summed E-state index contributed by atoms with van der Waals surface area (Å²) in [5.41, 5.74) is 2.87. The molecule has 0 atom stereocenters. The summed E-state index contributed by atoms with van der Waals surface area (Å²) in [5.74, 6) is -0.0471. The first kappa shape index (κ1) is 21.1. The number of rotatable bonds is 7. The van der Waals surface area contributed by atoms with Crippen molar-refractivity contribution >= 4 is 21.6 Å². The van der Waals surface area contributed by atoms with Gasteiger partial charge in [0.25, 0.3) is 5.91 Å². The fourth-order valence-corrected chi connectivity index (χ4v) is 4.51. The Bertz CT molecular complexity index is 917. The summed E-state index contributed by atoms with van der Waals surface area (Å²) in [6.45, 7) is 10.3. The van der Waals surface area contributed by atoms with Crippen LogP contribution < -0.4 is 5.32 Å². The van der Waals surface area contributed by atoms with Crippen LogP contribution in [0, 0.1) is 6.92 Å². The van der Waals surface area contributed by atoms with Crippen molar-refractivity contribution in [3.05, 3.63) is 59.2 Å². The number of sulfonamides is 1. The highest BCUT2D eigenvalue weighted by atomic mass is 32.2. The lowest BCUT2D eigenvalue weighted by Crippen LogP contribution is -2.30. The molecule has 6 heteroatoms. The average molecular weight is 389 g/mol. The highest BCUT2D eigenvalue weighted by Crippen LogP contribution is 2.25. The molecule has 0 heterocycles. The van der Waals surface area contributed by atoms with Gasteiger partial charge in [0, 0.05) is 24.3 Å². The van der Waals surface area contributed by atoms with E-state index in [1.54, 1.807) is 32.9 Å². The van der Waals surface area contributed by atoms with Crippen LogP contribution >= 0.6 is 0 Å². The first-order chi connectivity index (χ1) is 12.7. The van der Waals surface area contributed by atoms with E-state index in [2.05, 4.69) is 19.2 Å². The highest BCUT2D eigenvalue weighted by Gasteiger charge is 2.23. The molecule has 2 rings (SSSR count). The van der Waals surface area contributed by atoms with E-state index in [1.807, 2.05) is 24.3 Å². The molecule has 2 aromatic carbocycles. The van der Waals surface area contributed by atoms with Crippen molar-refractivity contribution in [2.75, 3.05) is 18.4 Å². The summed E-state index contributed by atoms with van der Waals surface area (Å²) in [7, 11) is -3.62. The summed E-state index contributed by atoms with van der Waals surface area (Å²) < 4.78 is 26.9. The maximum atomic E-state index is 12.9. The van der Waals surface area contributed by atoms with Crippen molar-refractivity contribution < 1.29 is 13.2 Å². The van der Waals surface area contributed by atoms with Gasteiger partial charge in [0.15, 0.2) is 0 Å². The number of carbonyl (C=O) groups excluding carboxylic acids is 1. The molecule has 0 aliphatic heterocycles. The van der Waals surface area contributed by atoms with Crippen LogP contribution in [-0.4, -0.2) is 31.7 Å². The summed E-state index contributed by atoms with van der Waals surface area (Å²) >= 11 is 0. The van der Waals surface area contributed by atoms with E-state index < -0.39 is 10.0 Å². The third kappa shape index (κ3) is 4.57.